The Morgan fingerprint density at radius 2 is 1.90 bits per heavy atom. The van der Waals surface area contributed by atoms with Crippen LogP contribution in [0.25, 0.3) is 0 Å². The first kappa shape index (κ1) is 27.5. The molecule has 1 saturated carbocycles. The Bertz CT molecular complexity index is 1140. The maximum absolute atomic E-state index is 12.5. The number of likely N-dealkylation sites (tertiary alicyclic amines) is 1. The van der Waals surface area contributed by atoms with Crippen molar-refractivity contribution in [3.63, 3.8) is 0 Å². The first-order valence-corrected chi connectivity index (χ1v) is 15.3. The first-order chi connectivity index (χ1) is 19.7. The number of benzene rings is 1. The van der Waals surface area contributed by atoms with Gasteiger partial charge < -0.3 is 24.6 Å². The van der Waals surface area contributed by atoms with Crippen LogP contribution in [0.2, 0.25) is 0 Å². The molecule has 0 bridgehead atoms. The molecule has 2 atom stereocenters. The summed E-state index contributed by atoms with van der Waals surface area (Å²) in [6.45, 7) is 3.50. The third-order valence-corrected chi connectivity index (χ3v) is 8.86. The highest BCUT2D eigenvalue weighted by Crippen LogP contribution is 2.49. The number of carboxylic acids is 1. The second-order valence-electron chi connectivity index (χ2n) is 11.9. The van der Waals surface area contributed by atoms with Crippen molar-refractivity contribution >= 4 is 11.8 Å². The number of aryl methyl sites for hydroxylation is 1. The van der Waals surface area contributed by atoms with Gasteiger partial charge >= 0.3 is 5.97 Å². The number of pyridine rings is 1. The minimum absolute atomic E-state index is 0.107. The average Bonchev–Trinajstić information content (AvgIpc) is 3.79. The van der Waals surface area contributed by atoms with E-state index in [0.29, 0.717) is 25.0 Å². The number of nitrogens with one attached hydrogen (secondary N) is 1. The number of carboxylic acid groups (broad SMARTS) is 1. The number of aliphatic carboxylic acids is 1. The SMILES string of the molecule is O=C(O)C(c1cccc(OC2CCOCC2)c1C1CC1)N1CC(OCCCCCC2CCc3cccnc3N2)C1. The van der Waals surface area contributed by atoms with Gasteiger partial charge in [-0.3, -0.25) is 9.69 Å². The van der Waals surface area contributed by atoms with Gasteiger partial charge in [-0.1, -0.05) is 31.0 Å². The van der Waals surface area contributed by atoms with E-state index in [2.05, 4.69) is 16.4 Å². The number of ether oxygens (including phenoxy) is 3. The number of carbonyl (C=O) groups is 1. The second kappa shape index (κ2) is 12.9. The number of aromatic nitrogens is 1. The topological polar surface area (TPSA) is 93.2 Å². The Balaban J connectivity index is 0.954. The number of nitrogens with zero attached hydrogens (tertiary/aromatic N) is 2. The number of hydrogen-bond donors (Lipinski definition) is 2. The summed E-state index contributed by atoms with van der Waals surface area (Å²) in [6.07, 6.45) is 12.9. The summed E-state index contributed by atoms with van der Waals surface area (Å²) in [7, 11) is 0. The number of fused-ring (bicyclic) bond motifs is 1. The lowest BCUT2D eigenvalue weighted by Crippen LogP contribution is -2.55. The van der Waals surface area contributed by atoms with E-state index in [1.807, 2.05) is 35.4 Å². The van der Waals surface area contributed by atoms with Crippen LogP contribution in [0.3, 0.4) is 0 Å². The van der Waals surface area contributed by atoms with Crippen LogP contribution in [0.5, 0.6) is 5.75 Å². The summed E-state index contributed by atoms with van der Waals surface area (Å²) in [5.74, 6) is 1.53. The zero-order valence-electron chi connectivity index (χ0n) is 23.4. The molecule has 0 radical (unpaired) electrons. The molecule has 3 fully saturated rings. The van der Waals surface area contributed by atoms with E-state index >= 15 is 0 Å². The van der Waals surface area contributed by atoms with E-state index < -0.39 is 12.0 Å². The fraction of sp³-hybridized carbons (Fsp3) is 0.625. The van der Waals surface area contributed by atoms with Crippen LogP contribution in [0.15, 0.2) is 36.5 Å². The fourth-order valence-corrected chi connectivity index (χ4v) is 6.46. The summed E-state index contributed by atoms with van der Waals surface area (Å²) in [5.41, 5.74) is 3.33. The van der Waals surface area contributed by atoms with Crippen molar-refractivity contribution < 1.29 is 24.1 Å². The van der Waals surface area contributed by atoms with Crippen LogP contribution >= 0.6 is 0 Å². The summed E-state index contributed by atoms with van der Waals surface area (Å²) in [5, 5.41) is 13.9. The van der Waals surface area contributed by atoms with Gasteiger partial charge in [-0.25, -0.2) is 4.98 Å². The lowest BCUT2D eigenvalue weighted by atomic mass is 9.92. The van der Waals surface area contributed by atoms with E-state index in [0.717, 1.165) is 93.9 Å². The van der Waals surface area contributed by atoms with Gasteiger partial charge in [-0.15, -0.1) is 0 Å². The number of unbranched alkanes of at least 4 members (excludes halogenated alkanes) is 2. The van der Waals surface area contributed by atoms with Crippen LogP contribution in [-0.4, -0.2) is 72.1 Å². The molecular weight excluding hydrogens is 506 g/mol. The van der Waals surface area contributed by atoms with Crippen molar-refractivity contribution in [2.75, 3.05) is 38.2 Å². The number of rotatable bonds is 13. The molecule has 0 spiro atoms. The first-order valence-electron chi connectivity index (χ1n) is 15.3. The van der Waals surface area contributed by atoms with Crippen LogP contribution in [0.4, 0.5) is 5.82 Å². The molecule has 4 heterocycles. The van der Waals surface area contributed by atoms with Crippen LogP contribution < -0.4 is 10.1 Å². The minimum atomic E-state index is -0.794. The summed E-state index contributed by atoms with van der Waals surface area (Å²) >= 11 is 0. The molecule has 2 aromatic rings. The molecular formula is C32H43N3O5. The minimum Gasteiger partial charge on any atom is -0.490 e. The van der Waals surface area contributed by atoms with Gasteiger partial charge in [0.2, 0.25) is 0 Å². The van der Waals surface area contributed by atoms with Crippen LogP contribution in [-0.2, 0) is 20.7 Å². The van der Waals surface area contributed by atoms with E-state index in [1.165, 1.54) is 18.4 Å². The van der Waals surface area contributed by atoms with Gasteiger partial charge in [0, 0.05) is 50.3 Å². The quantitative estimate of drug-likeness (QED) is 0.324. The molecule has 1 aromatic heterocycles. The second-order valence-corrected chi connectivity index (χ2v) is 11.9. The molecule has 0 amide bonds. The zero-order valence-corrected chi connectivity index (χ0v) is 23.4. The van der Waals surface area contributed by atoms with Crippen molar-refractivity contribution in [1.82, 2.24) is 9.88 Å². The normalized spacial score (nSPS) is 22.6. The van der Waals surface area contributed by atoms with Gasteiger partial charge in [0.1, 0.15) is 23.7 Å². The highest BCUT2D eigenvalue weighted by atomic mass is 16.5. The van der Waals surface area contributed by atoms with Gasteiger partial charge in [-0.05, 0) is 67.7 Å². The molecule has 8 heteroatoms. The Kier molecular flexibility index (Phi) is 8.85. The predicted molar refractivity (Wildman–Crippen MR) is 153 cm³/mol. The third-order valence-electron chi connectivity index (χ3n) is 8.86. The molecule has 4 aliphatic rings. The van der Waals surface area contributed by atoms with E-state index in [1.54, 1.807) is 0 Å². The number of anilines is 1. The number of hydrogen-bond acceptors (Lipinski definition) is 7. The summed E-state index contributed by atoms with van der Waals surface area (Å²) < 4.78 is 18.0. The molecule has 2 unspecified atom stereocenters. The fourth-order valence-electron chi connectivity index (χ4n) is 6.46. The molecule has 8 nitrogen and oxygen atoms in total. The van der Waals surface area contributed by atoms with Crippen LogP contribution in [0.1, 0.15) is 86.4 Å². The van der Waals surface area contributed by atoms with E-state index in [-0.39, 0.29) is 12.2 Å². The molecule has 216 valence electrons. The van der Waals surface area contributed by atoms with Gasteiger partial charge in [-0.2, -0.15) is 0 Å². The van der Waals surface area contributed by atoms with Crippen molar-refractivity contribution in [3.05, 3.63) is 53.2 Å². The standard InChI is InChI=1S/C32H43N3O5/c36-32(37)30(27-8-4-9-28(29(27)22-10-11-22)40-25-14-18-38-19-15-25)35-20-26(21-35)39-17-3-1-2-7-24-13-12-23-6-5-16-33-31(23)34-24/h4-6,8-9,16,22,24-26,30H,1-3,7,10-15,17-21H2,(H,33,34)(H,36,37). The Morgan fingerprint density at radius 1 is 1.05 bits per heavy atom. The van der Waals surface area contributed by atoms with E-state index in [4.69, 9.17) is 14.2 Å². The summed E-state index contributed by atoms with van der Waals surface area (Å²) in [4.78, 5) is 19.0. The Hall–Kier alpha value is -2.68. The lowest BCUT2D eigenvalue weighted by molar-refractivity contribution is -0.151. The molecule has 2 saturated heterocycles. The van der Waals surface area contributed by atoms with Crippen molar-refractivity contribution in [1.29, 1.82) is 0 Å². The Labute approximate surface area is 237 Å². The zero-order chi connectivity index (χ0) is 27.3. The highest BCUT2D eigenvalue weighted by molar-refractivity contribution is 5.77. The molecule has 6 rings (SSSR count). The highest BCUT2D eigenvalue weighted by Gasteiger charge is 2.41. The molecule has 40 heavy (non-hydrogen) atoms. The lowest BCUT2D eigenvalue weighted by Gasteiger charge is -2.43. The monoisotopic (exact) mass is 549 g/mol. The average molecular weight is 550 g/mol. The van der Waals surface area contributed by atoms with Gasteiger partial charge in [0.15, 0.2) is 0 Å². The van der Waals surface area contributed by atoms with Gasteiger partial charge in [0.05, 0.1) is 19.3 Å². The summed E-state index contributed by atoms with van der Waals surface area (Å²) in [6, 6.07) is 10.00. The van der Waals surface area contributed by atoms with Crippen molar-refractivity contribution in [2.45, 2.75) is 94.4 Å². The molecule has 3 aliphatic heterocycles. The van der Waals surface area contributed by atoms with Gasteiger partial charge in [0.25, 0.3) is 0 Å². The largest absolute Gasteiger partial charge is 0.490 e. The van der Waals surface area contributed by atoms with Crippen molar-refractivity contribution in [2.24, 2.45) is 0 Å². The van der Waals surface area contributed by atoms with Crippen molar-refractivity contribution in [3.8, 4) is 5.75 Å². The smallest absolute Gasteiger partial charge is 0.325 e. The molecule has 1 aromatic carbocycles. The van der Waals surface area contributed by atoms with Crippen LogP contribution in [0, 0.1) is 0 Å². The molecule has 2 N–H and O–H groups in total. The third kappa shape index (κ3) is 6.61. The molecule has 1 aliphatic carbocycles. The Morgan fingerprint density at radius 3 is 2.70 bits per heavy atom. The van der Waals surface area contributed by atoms with E-state index in [9.17, 15) is 9.90 Å². The maximum atomic E-state index is 12.5. The maximum Gasteiger partial charge on any atom is 0.325 e. The predicted octanol–water partition coefficient (Wildman–Crippen LogP) is 5.33.